The van der Waals surface area contributed by atoms with Crippen LogP contribution in [0.2, 0.25) is 0 Å². The molecule has 1 aromatic carbocycles. The van der Waals surface area contributed by atoms with E-state index in [9.17, 15) is 0 Å². The van der Waals surface area contributed by atoms with Gasteiger partial charge in [0.25, 0.3) is 0 Å². The van der Waals surface area contributed by atoms with Crippen LogP contribution in [0, 0.1) is 0 Å². The molecular weight excluding hydrogens is 240 g/mol. The Morgan fingerprint density at radius 1 is 1.00 bits per heavy atom. The number of methoxy groups -OCH3 is 2. The van der Waals surface area contributed by atoms with E-state index in [1.807, 2.05) is 18.2 Å². The number of rotatable bonds is 10. The predicted molar refractivity (Wildman–Crippen MR) is 79.0 cm³/mol. The third-order valence-corrected chi connectivity index (χ3v) is 2.94. The normalized spacial score (nSPS) is 10.5. The molecule has 0 atom stereocenters. The predicted octanol–water partition coefficient (Wildman–Crippen LogP) is 2.18. The van der Waals surface area contributed by atoms with E-state index in [0.29, 0.717) is 0 Å². The number of benzene rings is 1. The van der Waals surface area contributed by atoms with Crippen molar-refractivity contribution in [2.75, 3.05) is 33.9 Å². The third-order valence-electron chi connectivity index (χ3n) is 2.94. The first-order valence-corrected chi connectivity index (χ1v) is 6.94. The molecule has 108 valence electrons. The SMILES string of the molecule is CCCNCCCNCc1ccc(OC)cc1OC. The van der Waals surface area contributed by atoms with E-state index in [4.69, 9.17) is 9.47 Å². The highest BCUT2D eigenvalue weighted by atomic mass is 16.5. The zero-order valence-electron chi connectivity index (χ0n) is 12.3. The number of nitrogens with one attached hydrogen (secondary N) is 2. The van der Waals surface area contributed by atoms with Crippen molar-refractivity contribution in [3.63, 3.8) is 0 Å². The molecule has 0 unspecified atom stereocenters. The van der Waals surface area contributed by atoms with Crippen LogP contribution in [0.4, 0.5) is 0 Å². The van der Waals surface area contributed by atoms with Gasteiger partial charge in [0.1, 0.15) is 11.5 Å². The van der Waals surface area contributed by atoms with Gasteiger partial charge in [0.15, 0.2) is 0 Å². The molecule has 19 heavy (non-hydrogen) atoms. The fourth-order valence-electron chi connectivity index (χ4n) is 1.86. The Morgan fingerprint density at radius 3 is 2.47 bits per heavy atom. The largest absolute Gasteiger partial charge is 0.497 e. The Morgan fingerprint density at radius 2 is 1.79 bits per heavy atom. The molecule has 0 aliphatic rings. The van der Waals surface area contributed by atoms with Crippen LogP contribution in [0.1, 0.15) is 25.3 Å². The Hall–Kier alpha value is -1.26. The molecule has 0 spiro atoms. The Balaban J connectivity index is 2.28. The number of ether oxygens (including phenoxy) is 2. The third kappa shape index (κ3) is 5.94. The van der Waals surface area contributed by atoms with Gasteiger partial charge in [0, 0.05) is 18.2 Å². The van der Waals surface area contributed by atoms with Gasteiger partial charge < -0.3 is 20.1 Å². The lowest BCUT2D eigenvalue weighted by Crippen LogP contribution is -2.22. The molecule has 0 bridgehead atoms. The maximum absolute atomic E-state index is 5.37. The van der Waals surface area contributed by atoms with Crippen LogP contribution in [-0.4, -0.2) is 33.9 Å². The first kappa shape index (κ1) is 15.8. The standard InChI is InChI=1S/C15H26N2O2/c1-4-8-16-9-5-10-17-12-13-6-7-14(18-2)11-15(13)19-3/h6-7,11,16-17H,4-5,8-10,12H2,1-3H3. The van der Waals surface area contributed by atoms with Crippen molar-refractivity contribution in [3.05, 3.63) is 23.8 Å². The molecule has 0 fully saturated rings. The zero-order valence-corrected chi connectivity index (χ0v) is 12.3. The van der Waals surface area contributed by atoms with Crippen LogP contribution in [0.5, 0.6) is 11.5 Å². The van der Waals surface area contributed by atoms with E-state index in [0.717, 1.165) is 49.7 Å². The highest BCUT2D eigenvalue weighted by molar-refractivity contribution is 5.40. The van der Waals surface area contributed by atoms with Gasteiger partial charge in [-0.2, -0.15) is 0 Å². The molecule has 0 aromatic heterocycles. The van der Waals surface area contributed by atoms with Gasteiger partial charge in [-0.1, -0.05) is 13.0 Å². The Bertz CT molecular complexity index is 356. The quantitative estimate of drug-likeness (QED) is 0.637. The van der Waals surface area contributed by atoms with E-state index < -0.39 is 0 Å². The number of hydrogen-bond donors (Lipinski definition) is 2. The molecule has 0 aliphatic carbocycles. The summed E-state index contributed by atoms with van der Waals surface area (Å²) in [7, 11) is 3.35. The van der Waals surface area contributed by atoms with Crippen molar-refractivity contribution in [1.82, 2.24) is 10.6 Å². The van der Waals surface area contributed by atoms with Gasteiger partial charge in [-0.15, -0.1) is 0 Å². The topological polar surface area (TPSA) is 42.5 Å². The van der Waals surface area contributed by atoms with Gasteiger partial charge in [-0.3, -0.25) is 0 Å². The summed E-state index contributed by atoms with van der Waals surface area (Å²) in [5, 5.41) is 6.82. The molecular formula is C15H26N2O2. The first-order valence-electron chi connectivity index (χ1n) is 6.94. The van der Waals surface area contributed by atoms with Crippen molar-refractivity contribution < 1.29 is 9.47 Å². The second kappa shape index (κ2) is 9.64. The van der Waals surface area contributed by atoms with Gasteiger partial charge >= 0.3 is 0 Å². The second-order valence-corrected chi connectivity index (χ2v) is 4.46. The summed E-state index contributed by atoms with van der Waals surface area (Å²) in [6.07, 6.45) is 2.33. The van der Waals surface area contributed by atoms with Crippen LogP contribution >= 0.6 is 0 Å². The van der Waals surface area contributed by atoms with Crippen molar-refractivity contribution in [2.24, 2.45) is 0 Å². The molecule has 2 N–H and O–H groups in total. The molecule has 0 saturated heterocycles. The summed E-state index contributed by atoms with van der Waals surface area (Å²) in [5.74, 6) is 1.69. The highest BCUT2D eigenvalue weighted by Crippen LogP contribution is 2.24. The van der Waals surface area contributed by atoms with Crippen molar-refractivity contribution in [1.29, 1.82) is 0 Å². The molecule has 1 rings (SSSR count). The lowest BCUT2D eigenvalue weighted by molar-refractivity contribution is 0.389. The summed E-state index contributed by atoms with van der Waals surface area (Å²) >= 11 is 0. The smallest absolute Gasteiger partial charge is 0.127 e. The molecule has 0 heterocycles. The van der Waals surface area contributed by atoms with Crippen molar-refractivity contribution >= 4 is 0 Å². The van der Waals surface area contributed by atoms with E-state index in [-0.39, 0.29) is 0 Å². The fraction of sp³-hybridized carbons (Fsp3) is 0.600. The summed E-state index contributed by atoms with van der Waals surface area (Å²) in [5.41, 5.74) is 1.16. The maximum Gasteiger partial charge on any atom is 0.127 e. The average molecular weight is 266 g/mol. The monoisotopic (exact) mass is 266 g/mol. The van der Waals surface area contributed by atoms with Crippen LogP contribution < -0.4 is 20.1 Å². The fourth-order valence-corrected chi connectivity index (χ4v) is 1.86. The highest BCUT2D eigenvalue weighted by Gasteiger charge is 2.04. The molecule has 0 amide bonds. The van der Waals surface area contributed by atoms with Crippen molar-refractivity contribution in [2.45, 2.75) is 26.3 Å². The maximum atomic E-state index is 5.37. The Labute approximate surface area is 116 Å². The second-order valence-electron chi connectivity index (χ2n) is 4.46. The molecule has 4 nitrogen and oxygen atoms in total. The molecule has 4 heteroatoms. The van der Waals surface area contributed by atoms with Crippen LogP contribution in [0.25, 0.3) is 0 Å². The summed E-state index contributed by atoms with van der Waals surface area (Å²) < 4.78 is 10.5. The van der Waals surface area contributed by atoms with Gasteiger partial charge in [0.05, 0.1) is 14.2 Å². The van der Waals surface area contributed by atoms with E-state index in [1.165, 1.54) is 6.42 Å². The van der Waals surface area contributed by atoms with E-state index >= 15 is 0 Å². The van der Waals surface area contributed by atoms with E-state index in [1.54, 1.807) is 14.2 Å². The molecule has 0 saturated carbocycles. The Kier molecular flexibility index (Phi) is 8.02. The molecule has 0 aliphatic heterocycles. The van der Waals surface area contributed by atoms with E-state index in [2.05, 4.69) is 17.6 Å². The van der Waals surface area contributed by atoms with Gasteiger partial charge in [0.2, 0.25) is 0 Å². The van der Waals surface area contributed by atoms with Crippen molar-refractivity contribution in [3.8, 4) is 11.5 Å². The molecule has 1 aromatic rings. The van der Waals surface area contributed by atoms with Gasteiger partial charge in [-0.25, -0.2) is 0 Å². The van der Waals surface area contributed by atoms with Crippen LogP contribution in [-0.2, 0) is 6.54 Å². The summed E-state index contributed by atoms with van der Waals surface area (Å²) in [4.78, 5) is 0. The van der Waals surface area contributed by atoms with Crippen LogP contribution in [0.15, 0.2) is 18.2 Å². The average Bonchev–Trinajstić information content (AvgIpc) is 2.46. The van der Waals surface area contributed by atoms with Gasteiger partial charge in [-0.05, 0) is 38.5 Å². The first-order chi connectivity index (χ1) is 9.31. The minimum Gasteiger partial charge on any atom is -0.497 e. The lowest BCUT2D eigenvalue weighted by atomic mass is 10.2. The zero-order chi connectivity index (χ0) is 13.9. The summed E-state index contributed by atoms with van der Waals surface area (Å²) in [6, 6.07) is 5.92. The molecule has 0 radical (unpaired) electrons. The lowest BCUT2D eigenvalue weighted by Gasteiger charge is -2.11. The summed E-state index contributed by atoms with van der Waals surface area (Å²) in [6.45, 7) is 6.18. The number of hydrogen-bond acceptors (Lipinski definition) is 4. The van der Waals surface area contributed by atoms with Crippen LogP contribution in [0.3, 0.4) is 0 Å². The minimum absolute atomic E-state index is 0.820. The minimum atomic E-state index is 0.820.